The summed E-state index contributed by atoms with van der Waals surface area (Å²) in [7, 11) is 0. The van der Waals surface area contributed by atoms with E-state index < -0.39 is 12.8 Å². The molecular weight excluding hydrogens is 395 g/mol. The number of hydrogen-bond acceptors (Lipinski definition) is 4. The number of halogens is 3. The van der Waals surface area contributed by atoms with Crippen LogP contribution in [0.1, 0.15) is 36.9 Å². The third-order valence-corrected chi connectivity index (χ3v) is 5.01. The van der Waals surface area contributed by atoms with Crippen molar-refractivity contribution in [1.29, 1.82) is 0 Å². The number of nitrogens with zero attached hydrogens (tertiary/aromatic N) is 1. The van der Waals surface area contributed by atoms with E-state index >= 15 is 0 Å². The van der Waals surface area contributed by atoms with E-state index in [1.54, 1.807) is 18.2 Å². The zero-order valence-corrected chi connectivity index (χ0v) is 16.8. The van der Waals surface area contributed by atoms with Crippen LogP contribution in [0.4, 0.5) is 13.2 Å². The predicted octanol–water partition coefficient (Wildman–Crippen LogP) is 3.97. The maximum atomic E-state index is 12.6. The van der Waals surface area contributed by atoms with E-state index in [2.05, 4.69) is 27.9 Å². The first-order chi connectivity index (χ1) is 14.3. The van der Waals surface area contributed by atoms with Crippen LogP contribution in [0.3, 0.4) is 0 Å². The maximum Gasteiger partial charge on any atom is 0.422 e. The Kier molecular flexibility index (Phi) is 7.33. The first-order valence-corrected chi connectivity index (χ1v) is 9.91. The Labute approximate surface area is 174 Å². The summed E-state index contributed by atoms with van der Waals surface area (Å²) < 4.78 is 42.6. The highest BCUT2D eigenvalue weighted by molar-refractivity contribution is 5.73. The molecule has 30 heavy (non-hydrogen) atoms. The van der Waals surface area contributed by atoms with Gasteiger partial charge in [-0.05, 0) is 24.5 Å². The van der Waals surface area contributed by atoms with E-state index in [9.17, 15) is 18.0 Å². The molecule has 3 rings (SSSR count). The van der Waals surface area contributed by atoms with Gasteiger partial charge in [0.05, 0.1) is 0 Å². The highest BCUT2D eigenvalue weighted by Crippen LogP contribution is 2.30. The summed E-state index contributed by atoms with van der Waals surface area (Å²) in [6, 6.07) is 16.8. The van der Waals surface area contributed by atoms with Crippen molar-refractivity contribution in [2.24, 2.45) is 0 Å². The summed E-state index contributed by atoms with van der Waals surface area (Å²) in [5.41, 5.74) is 5.13. The SMILES string of the molecule is CC(=O)NC1CCC(c2ccccc2)N(NCc2ccccc2OCC(F)(F)F)C1. The number of hydrazine groups is 1. The van der Waals surface area contributed by atoms with Crippen molar-refractivity contribution in [3.63, 3.8) is 0 Å². The molecule has 0 saturated carbocycles. The number of rotatable bonds is 7. The van der Waals surface area contributed by atoms with E-state index in [4.69, 9.17) is 4.74 Å². The lowest BCUT2D eigenvalue weighted by Gasteiger charge is -2.40. The second-order valence-electron chi connectivity index (χ2n) is 7.40. The molecule has 162 valence electrons. The Morgan fingerprint density at radius 1 is 1.10 bits per heavy atom. The number of benzene rings is 2. The maximum absolute atomic E-state index is 12.6. The molecule has 0 aliphatic carbocycles. The topological polar surface area (TPSA) is 53.6 Å². The number of carbonyl (C=O) groups is 1. The summed E-state index contributed by atoms with van der Waals surface area (Å²) >= 11 is 0. The zero-order valence-electron chi connectivity index (χ0n) is 16.8. The lowest BCUT2D eigenvalue weighted by atomic mass is 9.94. The minimum atomic E-state index is -4.39. The molecule has 2 aromatic carbocycles. The predicted molar refractivity (Wildman–Crippen MR) is 108 cm³/mol. The highest BCUT2D eigenvalue weighted by Gasteiger charge is 2.31. The fourth-order valence-corrected chi connectivity index (χ4v) is 3.71. The molecule has 8 heteroatoms. The van der Waals surface area contributed by atoms with E-state index in [0.29, 0.717) is 18.7 Å². The molecule has 0 bridgehead atoms. The summed E-state index contributed by atoms with van der Waals surface area (Å²) in [4.78, 5) is 11.5. The van der Waals surface area contributed by atoms with E-state index in [0.717, 1.165) is 18.4 Å². The fourth-order valence-electron chi connectivity index (χ4n) is 3.71. The van der Waals surface area contributed by atoms with E-state index in [1.807, 2.05) is 18.2 Å². The normalized spacial score (nSPS) is 20.0. The average Bonchev–Trinajstić information content (AvgIpc) is 2.71. The van der Waals surface area contributed by atoms with Gasteiger partial charge in [-0.2, -0.15) is 13.2 Å². The lowest BCUT2D eigenvalue weighted by Crippen LogP contribution is -2.53. The monoisotopic (exact) mass is 421 g/mol. The number of nitrogens with one attached hydrogen (secondary N) is 2. The fraction of sp³-hybridized carbons (Fsp3) is 0.409. The van der Waals surface area contributed by atoms with Gasteiger partial charge in [0.1, 0.15) is 5.75 Å². The van der Waals surface area contributed by atoms with Crippen LogP contribution in [-0.4, -0.2) is 36.3 Å². The molecule has 1 saturated heterocycles. The van der Waals surface area contributed by atoms with Crippen LogP contribution in [0.15, 0.2) is 54.6 Å². The van der Waals surface area contributed by atoms with Gasteiger partial charge in [0, 0.05) is 37.7 Å². The van der Waals surface area contributed by atoms with Gasteiger partial charge in [-0.3, -0.25) is 4.79 Å². The van der Waals surface area contributed by atoms with Crippen molar-refractivity contribution in [3.05, 3.63) is 65.7 Å². The number of hydrogen-bond donors (Lipinski definition) is 2. The van der Waals surface area contributed by atoms with Crippen LogP contribution >= 0.6 is 0 Å². The Hall–Kier alpha value is -2.58. The molecule has 1 aliphatic rings. The van der Waals surface area contributed by atoms with Crippen molar-refractivity contribution in [1.82, 2.24) is 15.8 Å². The van der Waals surface area contributed by atoms with Crippen LogP contribution in [0, 0.1) is 0 Å². The van der Waals surface area contributed by atoms with E-state index in [1.165, 1.54) is 13.0 Å². The van der Waals surface area contributed by atoms with Gasteiger partial charge in [0.25, 0.3) is 0 Å². The molecule has 1 amide bonds. The van der Waals surface area contributed by atoms with Crippen molar-refractivity contribution in [3.8, 4) is 5.75 Å². The van der Waals surface area contributed by atoms with Crippen LogP contribution in [0.25, 0.3) is 0 Å². The summed E-state index contributed by atoms with van der Waals surface area (Å²) in [6.45, 7) is 1.06. The standard InChI is InChI=1S/C22H26F3N3O2/c1-16(29)27-19-11-12-20(17-7-3-2-4-8-17)28(14-19)26-13-18-9-5-6-10-21(18)30-15-22(23,24)25/h2-10,19-20,26H,11-15H2,1H3,(H,27,29). The average molecular weight is 421 g/mol. The van der Waals surface area contributed by atoms with Gasteiger partial charge < -0.3 is 10.1 Å². The number of alkyl halides is 3. The molecule has 1 aliphatic heterocycles. The highest BCUT2D eigenvalue weighted by atomic mass is 19.4. The largest absolute Gasteiger partial charge is 0.484 e. The zero-order chi connectivity index (χ0) is 21.6. The van der Waals surface area contributed by atoms with Crippen LogP contribution in [0.2, 0.25) is 0 Å². The Bertz CT molecular complexity index is 830. The van der Waals surface area contributed by atoms with Crippen LogP contribution in [-0.2, 0) is 11.3 Å². The first-order valence-electron chi connectivity index (χ1n) is 9.91. The second-order valence-corrected chi connectivity index (χ2v) is 7.40. The number of piperidine rings is 1. The number of ether oxygens (including phenoxy) is 1. The number of amides is 1. The molecular formula is C22H26F3N3O2. The van der Waals surface area contributed by atoms with E-state index in [-0.39, 0.29) is 23.7 Å². The second kappa shape index (κ2) is 9.95. The molecule has 5 nitrogen and oxygen atoms in total. The summed E-state index contributed by atoms with van der Waals surface area (Å²) in [5.74, 6) is 0.123. The van der Waals surface area contributed by atoms with Gasteiger partial charge in [0.2, 0.25) is 5.91 Å². The quantitative estimate of drug-likeness (QED) is 0.710. The molecule has 0 spiro atoms. The lowest BCUT2D eigenvalue weighted by molar-refractivity contribution is -0.153. The summed E-state index contributed by atoms with van der Waals surface area (Å²) in [6.07, 6.45) is -2.70. The number of carbonyl (C=O) groups excluding carboxylic acids is 1. The van der Waals surface area contributed by atoms with Crippen molar-refractivity contribution >= 4 is 5.91 Å². The van der Waals surface area contributed by atoms with Gasteiger partial charge in [-0.25, -0.2) is 10.4 Å². The Morgan fingerprint density at radius 2 is 1.80 bits per heavy atom. The molecule has 1 fully saturated rings. The first kappa shape index (κ1) is 22.1. The Morgan fingerprint density at radius 3 is 2.50 bits per heavy atom. The van der Waals surface area contributed by atoms with Crippen molar-refractivity contribution in [2.45, 2.75) is 44.6 Å². The molecule has 0 aromatic heterocycles. The molecule has 2 atom stereocenters. The Balaban J connectivity index is 1.72. The molecule has 1 heterocycles. The van der Waals surface area contributed by atoms with Gasteiger partial charge in [-0.15, -0.1) is 0 Å². The van der Waals surface area contributed by atoms with Crippen LogP contribution in [0.5, 0.6) is 5.75 Å². The molecule has 2 aromatic rings. The molecule has 0 radical (unpaired) electrons. The minimum absolute atomic E-state index is 0.00619. The molecule has 2 unspecified atom stereocenters. The minimum Gasteiger partial charge on any atom is -0.484 e. The third-order valence-electron chi connectivity index (χ3n) is 5.01. The van der Waals surface area contributed by atoms with Crippen LogP contribution < -0.4 is 15.5 Å². The van der Waals surface area contributed by atoms with Crippen molar-refractivity contribution in [2.75, 3.05) is 13.2 Å². The smallest absolute Gasteiger partial charge is 0.422 e. The summed E-state index contributed by atoms with van der Waals surface area (Å²) in [5, 5.41) is 5.02. The van der Waals surface area contributed by atoms with Gasteiger partial charge in [-0.1, -0.05) is 48.5 Å². The van der Waals surface area contributed by atoms with Gasteiger partial charge >= 0.3 is 6.18 Å². The van der Waals surface area contributed by atoms with Gasteiger partial charge in [0.15, 0.2) is 6.61 Å². The molecule has 2 N–H and O–H groups in total. The van der Waals surface area contributed by atoms with Crippen molar-refractivity contribution < 1.29 is 22.7 Å². The third kappa shape index (κ3) is 6.47. The number of para-hydroxylation sites is 1.